The van der Waals surface area contributed by atoms with Gasteiger partial charge in [-0.1, -0.05) is 6.07 Å². The van der Waals surface area contributed by atoms with E-state index in [1.165, 1.54) is 0 Å². The average Bonchev–Trinajstić information content (AvgIpc) is 3.34. The first-order chi connectivity index (χ1) is 14.9. The highest BCUT2D eigenvalue weighted by Gasteiger charge is 2.43. The zero-order chi connectivity index (χ0) is 21.7. The molecule has 2 aliphatic heterocycles. The number of rotatable bonds is 4. The zero-order valence-corrected chi connectivity index (χ0v) is 17.8. The quantitative estimate of drug-likeness (QED) is 0.666. The number of phenolic OH excluding ortho intramolecular Hbond substituents is 1. The first-order valence-electron chi connectivity index (χ1n) is 10.6. The van der Waals surface area contributed by atoms with Crippen molar-refractivity contribution >= 4 is 5.82 Å². The van der Waals surface area contributed by atoms with Crippen molar-refractivity contribution in [1.29, 1.82) is 0 Å². The lowest BCUT2D eigenvalue weighted by atomic mass is 9.96. The molecule has 5 rings (SSSR count). The van der Waals surface area contributed by atoms with Crippen LogP contribution in [0.15, 0.2) is 30.6 Å². The summed E-state index contributed by atoms with van der Waals surface area (Å²) in [6, 6.07) is 5.37. The van der Waals surface area contributed by atoms with Crippen LogP contribution >= 0.6 is 0 Å². The lowest BCUT2D eigenvalue weighted by molar-refractivity contribution is 0.176. The van der Waals surface area contributed by atoms with Gasteiger partial charge in [-0.25, -0.2) is 14.4 Å². The topological polar surface area (TPSA) is 92.0 Å². The van der Waals surface area contributed by atoms with Gasteiger partial charge in [0, 0.05) is 37.3 Å². The molecule has 2 saturated heterocycles. The summed E-state index contributed by atoms with van der Waals surface area (Å²) in [5.41, 5.74) is 1.85. The molecule has 2 fully saturated rings. The molecule has 0 aliphatic carbocycles. The van der Waals surface area contributed by atoms with E-state index in [0.29, 0.717) is 28.9 Å². The van der Waals surface area contributed by atoms with Crippen molar-refractivity contribution in [3.8, 4) is 28.4 Å². The van der Waals surface area contributed by atoms with E-state index in [1.807, 2.05) is 32.0 Å². The molecule has 2 N–H and O–H groups in total. The molecule has 0 amide bonds. The lowest BCUT2D eigenvalue weighted by Crippen LogP contribution is -2.55. The second kappa shape index (κ2) is 7.56. The molecule has 31 heavy (non-hydrogen) atoms. The normalized spacial score (nSPS) is 25.0. The summed E-state index contributed by atoms with van der Waals surface area (Å²) in [6.07, 6.45) is 5.02. The number of phenols is 1. The minimum Gasteiger partial charge on any atom is -0.507 e. The van der Waals surface area contributed by atoms with Crippen molar-refractivity contribution in [3.63, 3.8) is 0 Å². The minimum atomic E-state index is -0.925. The summed E-state index contributed by atoms with van der Waals surface area (Å²) in [6.45, 7) is 1.87. The third-order valence-corrected chi connectivity index (χ3v) is 6.56. The molecule has 8 nitrogen and oxygen atoms in total. The number of benzene rings is 1. The van der Waals surface area contributed by atoms with Crippen molar-refractivity contribution in [2.24, 2.45) is 7.05 Å². The van der Waals surface area contributed by atoms with Gasteiger partial charge in [0.15, 0.2) is 5.82 Å². The molecule has 9 heteroatoms. The summed E-state index contributed by atoms with van der Waals surface area (Å²) in [4.78, 5) is 15.3. The Morgan fingerprint density at radius 2 is 2.06 bits per heavy atom. The molecule has 1 aromatic carbocycles. The van der Waals surface area contributed by atoms with E-state index in [4.69, 9.17) is 0 Å². The van der Waals surface area contributed by atoms with E-state index >= 15 is 0 Å². The number of anilines is 1. The van der Waals surface area contributed by atoms with Crippen molar-refractivity contribution in [2.75, 3.05) is 11.9 Å². The number of fused-ring (bicyclic) bond motifs is 2. The number of aromatic hydroxyl groups is 1. The second-order valence-electron chi connectivity index (χ2n) is 8.50. The summed E-state index contributed by atoms with van der Waals surface area (Å²) in [5.74, 6) is 2.06. The third kappa shape index (κ3) is 3.52. The zero-order valence-electron chi connectivity index (χ0n) is 17.8. The molecule has 2 unspecified atom stereocenters. The van der Waals surface area contributed by atoms with Crippen LogP contribution in [0, 0.1) is 6.92 Å². The SMILES string of the molecule is Cc1nc(-c2ccc(-c3cnc(N(C)[C@H]4CC5CCC(N5)[C@H]4F)cn3)c(O)c2)nn1C. The van der Waals surface area contributed by atoms with E-state index < -0.39 is 6.17 Å². The van der Waals surface area contributed by atoms with Crippen LogP contribution in [0.5, 0.6) is 5.75 Å². The van der Waals surface area contributed by atoms with Gasteiger partial charge in [-0.05, 0) is 38.3 Å². The van der Waals surface area contributed by atoms with Crippen LogP contribution in [0.4, 0.5) is 10.2 Å². The maximum atomic E-state index is 14.9. The lowest BCUT2D eigenvalue weighted by Gasteiger charge is -2.38. The molecule has 162 valence electrons. The molecule has 0 saturated carbocycles. The Balaban J connectivity index is 1.36. The molecule has 4 heterocycles. The van der Waals surface area contributed by atoms with Gasteiger partial charge in [0.05, 0.1) is 24.1 Å². The standard InChI is InChI=1S/C22H26FN7O/c1-12-26-22(28-30(12)3)13-4-6-15(19(31)8-13)17-10-25-20(11-24-17)29(2)18-9-14-5-7-16(27-14)21(18)23/h4,6,8,10-11,14,16,18,21,27,31H,5,7,9H2,1-3H3/t14?,16?,18-,21+/m0/s1. The molecule has 0 spiro atoms. The Morgan fingerprint density at radius 3 is 2.74 bits per heavy atom. The van der Waals surface area contributed by atoms with Gasteiger partial charge < -0.3 is 15.3 Å². The smallest absolute Gasteiger partial charge is 0.181 e. The van der Waals surface area contributed by atoms with E-state index in [1.54, 1.807) is 29.2 Å². The van der Waals surface area contributed by atoms with Gasteiger partial charge in [0.25, 0.3) is 0 Å². The number of piperidine rings is 1. The minimum absolute atomic E-state index is 0.0636. The van der Waals surface area contributed by atoms with Crippen LogP contribution in [0.1, 0.15) is 25.1 Å². The van der Waals surface area contributed by atoms with Gasteiger partial charge >= 0.3 is 0 Å². The van der Waals surface area contributed by atoms with Crippen LogP contribution in [-0.4, -0.2) is 61.2 Å². The Hall–Kier alpha value is -3.07. The van der Waals surface area contributed by atoms with Crippen LogP contribution in [0.3, 0.4) is 0 Å². The summed E-state index contributed by atoms with van der Waals surface area (Å²) in [7, 11) is 3.70. The molecule has 4 atom stereocenters. The van der Waals surface area contributed by atoms with E-state index in [0.717, 1.165) is 30.7 Å². The largest absolute Gasteiger partial charge is 0.507 e. The van der Waals surface area contributed by atoms with Crippen LogP contribution in [-0.2, 0) is 7.05 Å². The third-order valence-electron chi connectivity index (χ3n) is 6.56. The predicted octanol–water partition coefficient (Wildman–Crippen LogP) is 2.62. The second-order valence-corrected chi connectivity index (χ2v) is 8.50. The predicted molar refractivity (Wildman–Crippen MR) is 116 cm³/mol. The molecule has 2 aliphatic rings. The van der Waals surface area contributed by atoms with Gasteiger partial charge in [-0.3, -0.25) is 9.67 Å². The number of aryl methyl sites for hydroxylation is 2. The summed E-state index contributed by atoms with van der Waals surface area (Å²) < 4.78 is 16.6. The van der Waals surface area contributed by atoms with Crippen LogP contribution < -0.4 is 10.2 Å². The van der Waals surface area contributed by atoms with Gasteiger partial charge in [0.1, 0.15) is 23.6 Å². The Labute approximate surface area is 180 Å². The Kier molecular flexibility index (Phi) is 4.85. The number of hydrogen-bond donors (Lipinski definition) is 2. The van der Waals surface area contributed by atoms with E-state index in [-0.39, 0.29) is 17.8 Å². The number of aromatic nitrogens is 5. The number of nitrogens with zero attached hydrogens (tertiary/aromatic N) is 6. The first-order valence-corrected chi connectivity index (χ1v) is 10.6. The van der Waals surface area contributed by atoms with Gasteiger partial charge in [0.2, 0.25) is 0 Å². The summed E-state index contributed by atoms with van der Waals surface area (Å²) >= 11 is 0. The Bertz CT molecular complexity index is 1080. The van der Waals surface area contributed by atoms with Gasteiger partial charge in [-0.2, -0.15) is 5.10 Å². The van der Waals surface area contributed by atoms with Gasteiger partial charge in [-0.15, -0.1) is 0 Å². The molecular weight excluding hydrogens is 397 g/mol. The molecule has 2 aromatic heterocycles. The fourth-order valence-corrected chi connectivity index (χ4v) is 4.63. The van der Waals surface area contributed by atoms with Crippen molar-refractivity contribution < 1.29 is 9.50 Å². The highest BCUT2D eigenvalue weighted by atomic mass is 19.1. The maximum Gasteiger partial charge on any atom is 0.181 e. The van der Waals surface area contributed by atoms with Crippen molar-refractivity contribution in [2.45, 2.75) is 50.5 Å². The average molecular weight is 423 g/mol. The van der Waals surface area contributed by atoms with Crippen molar-refractivity contribution in [1.82, 2.24) is 30.0 Å². The molecule has 2 bridgehead atoms. The monoisotopic (exact) mass is 423 g/mol. The number of alkyl halides is 1. The molecule has 3 aromatic rings. The highest BCUT2D eigenvalue weighted by molar-refractivity contribution is 5.71. The fourth-order valence-electron chi connectivity index (χ4n) is 4.63. The Morgan fingerprint density at radius 1 is 1.23 bits per heavy atom. The van der Waals surface area contributed by atoms with Crippen molar-refractivity contribution in [3.05, 3.63) is 36.4 Å². The molecular formula is C22H26FN7O. The highest BCUT2D eigenvalue weighted by Crippen LogP contribution is 2.34. The molecule has 0 radical (unpaired) electrons. The number of halogens is 1. The van der Waals surface area contributed by atoms with E-state index in [9.17, 15) is 9.50 Å². The van der Waals surface area contributed by atoms with Crippen LogP contribution in [0.2, 0.25) is 0 Å². The van der Waals surface area contributed by atoms with Crippen LogP contribution in [0.25, 0.3) is 22.6 Å². The number of hydrogen-bond acceptors (Lipinski definition) is 7. The van der Waals surface area contributed by atoms with E-state index in [2.05, 4.69) is 25.4 Å². The first kappa shape index (κ1) is 19.9. The number of nitrogens with one attached hydrogen (secondary N) is 1. The summed E-state index contributed by atoms with van der Waals surface area (Å²) in [5, 5.41) is 18.3. The fraction of sp³-hybridized carbons (Fsp3) is 0.455. The maximum absolute atomic E-state index is 14.9.